The number of carbonyl (C=O) groups excluding carboxylic acids is 2. The molecule has 0 unspecified atom stereocenters. The first-order chi connectivity index (χ1) is 20.7. The van der Waals surface area contributed by atoms with Crippen LogP contribution in [0.4, 0.5) is 11.4 Å². The summed E-state index contributed by atoms with van der Waals surface area (Å²) >= 11 is 0. The number of aryl methyl sites for hydroxylation is 2. The van der Waals surface area contributed by atoms with Crippen LogP contribution in [0.15, 0.2) is 83.9 Å². The van der Waals surface area contributed by atoms with Crippen LogP contribution in [0.3, 0.4) is 0 Å². The van der Waals surface area contributed by atoms with E-state index in [4.69, 9.17) is 15.9 Å². The van der Waals surface area contributed by atoms with Crippen molar-refractivity contribution in [3.05, 3.63) is 95.7 Å². The number of amidine groups is 1. The van der Waals surface area contributed by atoms with Gasteiger partial charge in [0.25, 0.3) is 10.0 Å². The monoisotopic (exact) mass is 599 g/mol. The Morgan fingerprint density at radius 2 is 1.84 bits per heavy atom. The fourth-order valence-corrected chi connectivity index (χ4v) is 6.85. The number of nitrogen functional groups attached to an aromatic ring is 1. The van der Waals surface area contributed by atoms with Crippen molar-refractivity contribution in [2.24, 2.45) is 5.73 Å². The number of hydrogen-bond donors (Lipinski definition) is 2. The number of hydrogen-bond acceptors (Lipinski definition) is 7. The van der Waals surface area contributed by atoms with E-state index in [0.29, 0.717) is 48.0 Å². The van der Waals surface area contributed by atoms with Gasteiger partial charge in [0.15, 0.2) is 0 Å². The summed E-state index contributed by atoms with van der Waals surface area (Å²) in [7, 11) is -4.23. The zero-order valence-corrected chi connectivity index (χ0v) is 24.6. The van der Waals surface area contributed by atoms with Crippen LogP contribution in [0.2, 0.25) is 0 Å². The highest BCUT2D eigenvalue weighted by Crippen LogP contribution is 2.34. The topological polar surface area (TPSA) is 147 Å². The third-order valence-corrected chi connectivity index (χ3v) is 9.21. The van der Waals surface area contributed by atoms with Crippen molar-refractivity contribution in [1.82, 2.24) is 4.98 Å². The van der Waals surface area contributed by atoms with Gasteiger partial charge in [-0.25, -0.2) is 8.42 Å². The van der Waals surface area contributed by atoms with Gasteiger partial charge in [0.05, 0.1) is 17.8 Å². The lowest BCUT2D eigenvalue weighted by atomic mass is 9.99. The van der Waals surface area contributed by atoms with Gasteiger partial charge in [-0.15, -0.1) is 0 Å². The lowest BCUT2D eigenvalue weighted by molar-refractivity contribution is -0.141. The van der Waals surface area contributed by atoms with Gasteiger partial charge in [-0.2, -0.15) is 0 Å². The maximum atomic E-state index is 14.1. The van der Waals surface area contributed by atoms with Crippen LogP contribution in [0.1, 0.15) is 36.5 Å². The number of para-hydroxylation sites is 1. The van der Waals surface area contributed by atoms with Crippen molar-refractivity contribution in [1.29, 1.82) is 5.41 Å². The molecule has 4 aromatic rings. The first-order valence-corrected chi connectivity index (χ1v) is 15.5. The molecule has 1 aliphatic heterocycles. The number of sulfonamides is 1. The number of fused-ring (bicyclic) bond motifs is 2. The summed E-state index contributed by atoms with van der Waals surface area (Å²) in [5.74, 6) is -0.721. The molecule has 222 valence electrons. The Hall–Kier alpha value is -4.77. The Morgan fingerprint density at radius 3 is 2.58 bits per heavy atom. The normalized spacial score (nSPS) is 12.9. The molecule has 1 aliphatic rings. The van der Waals surface area contributed by atoms with Crippen LogP contribution in [0.5, 0.6) is 0 Å². The highest BCUT2D eigenvalue weighted by atomic mass is 32.2. The Morgan fingerprint density at radius 1 is 1.07 bits per heavy atom. The van der Waals surface area contributed by atoms with Gasteiger partial charge in [-0.3, -0.25) is 24.3 Å². The highest BCUT2D eigenvalue weighted by molar-refractivity contribution is 7.93. The summed E-state index contributed by atoms with van der Waals surface area (Å²) in [5.41, 5.74) is 9.29. The van der Waals surface area contributed by atoms with E-state index >= 15 is 0 Å². The second-order valence-corrected chi connectivity index (χ2v) is 12.1. The van der Waals surface area contributed by atoms with Gasteiger partial charge < -0.3 is 15.4 Å². The standard InChI is InChI=1S/C32H33N5O5S/c1-2-42-30(39)21-37(43(40,41)28-9-3-6-23-7-4-18-35-31(23)28)26-15-16-27-25(20-26)8-5-19-36(27)29(38)17-12-22-10-13-24(14-11-22)32(33)34/h3-4,6-7,9-11,13-16,18,20H,2,5,8,12,17,19,21H2,1H3,(H3,33,34). The number of ether oxygens (including phenoxy) is 1. The number of nitrogens with two attached hydrogens (primary N) is 1. The molecule has 0 spiro atoms. The van der Waals surface area contributed by atoms with Gasteiger partial charge >= 0.3 is 5.97 Å². The smallest absolute Gasteiger partial charge is 0.326 e. The SMILES string of the molecule is CCOC(=O)CN(c1ccc2c(c1)CCCN2C(=O)CCc1ccc(C(=N)N)cc1)S(=O)(=O)c1cccc2cccnc12. The fraction of sp³-hybridized carbons (Fsp3) is 0.250. The Labute approximate surface area is 250 Å². The predicted molar refractivity (Wildman–Crippen MR) is 166 cm³/mol. The van der Waals surface area contributed by atoms with E-state index in [2.05, 4.69) is 4.98 Å². The molecule has 2 heterocycles. The number of nitrogens with zero attached hydrogens (tertiary/aromatic N) is 3. The molecule has 11 heteroatoms. The number of pyridine rings is 1. The number of anilines is 2. The van der Waals surface area contributed by atoms with Gasteiger partial charge in [-0.05, 0) is 67.6 Å². The first kappa shape index (κ1) is 29.7. The van der Waals surface area contributed by atoms with E-state index in [1.165, 1.54) is 12.3 Å². The molecule has 43 heavy (non-hydrogen) atoms. The van der Waals surface area contributed by atoms with Gasteiger partial charge in [-0.1, -0.05) is 42.5 Å². The minimum Gasteiger partial charge on any atom is -0.465 e. The maximum absolute atomic E-state index is 14.1. The molecule has 0 saturated carbocycles. The molecule has 0 bridgehead atoms. The summed E-state index contributed by atoms with van der Waals surface area (Å²) in [6.07, 6.45) is 3.72. The van der Waals surface area contributed by atoms with Crippen LogP contribution >= 0.6 is 0 Å². The summed E-state index contributed by atoms with van der Waals surface area (Å²) in [4.78, 5) is 32.0. The summed E-state index contributed by atoms with van der Waals surface area (Å²) in [6.45, 7) is 1.83. The Kier molecular flexibility index (Phi) is 8.72. The average molecular weight is 600 g/mol. The van der Waals surface area contributed by atoms with Crippen molar-refractivity contribution in [3.63, 3.8) is 0 Å². The Bertz CT molecular complexity index is 1780. The molecule has 3 N–H and O–H groups in total. The van der Waals surface area contributed by atoms with Crippen molar-refractivity contribution in [2.45, 2.75) is 37.5 Å². The molecule has 0 saturated heterocycles. The highest BCUT2D eigenvalue weighted by Gasteiger charge is 2.31. The van der Waals surface area contributed by atoms with Crippen molar-refractivity contribution in [2.75, 3.05) is 28.9 Å². The summed E-state index contributed by atoms with van der Waals surface area (Å²) in [5, 5.41) is 8.20. The van der Waals surface area contributed by atoms with Gasteiger partial charge in [0, 0.05) is 35.8 Å². The molecular formula is C32H33N5O5S. The van der Waals surface area contributed by atoms with Gasteiger partial charge in [0.1, 0.15) is 17.3 Å². The molecule has 1 aromatic heterocycles. The molecular weight excluding hydrogens is 566 g/mol. The first-order valence-electron chi connectivity index (χ1n) is 14.1. The van der Waals surface area contributed by atoms with Gasteiger partial charge in [0.2, 0.25) is 5.91 Å². The summed E-state index contributed by atoms with van der Waals surface area (Å²) < 4.78 is 34.4. The summed E-state index contributed by atoms with van der Waals surface area (Å²) in [6, 6.07) is 20.8. The molecule has 10 nitrogen and oxygen atoms in total. The number of carbonyl (C=O) groups is 2. The molecule has 0 aliphatic carbocycles. The number of esters is 1. The van der Waals surface area contributed by atoms with E-state index in [9.17, 15) is 18.0 Å². The van der Waals surface area contributed by atoms with Crippen molar-refractivity contribution >= 4 is 50.0 Å². The van der Waals surface area contributed by atoms with E-state index < -0.39 is 22.5 Å². The molecule has 5 rings (SSSR count). The minimum atomic E-state index is -4.23. The van der Waals surface area contributed by atoms with Crippen molar-refractivity contribution < 1.29 is 22.7 Å². The zero-order valence-electron chi connectivity index (χ0n) is 23.8. The second-order valence-electron chi connectivity index (χ2n) is 10.2. The minimum absolute atomic E-state index is 0.00525. The number of amides is 1. The van der Waals surface area contributed by atoms with Crippen LogP contribution in [0, 0.1) is 5.41 Å². The largest absolute Gasteiger partial charge is 0.465 e. The quantitative estimate of drug-likeness (QED) is 0.158. The third-order valence-electron chi connectivity index (χ3n) is 7.41. The number of benzene rings is 3. The molecule has 0 fully saturated rings. The van der Waals surface area contributed by atoms with Crippen LogP contribution in [-0.2, 0) is 37.2 Å². The molecule has 0 radical (unpaired) electrons. The second kappa shape index (κ2) is 12.6. The number of aromatic nitrogens is 1. The molecule has 0 atom stereocenters. The van der Waals surface area contributed by atoms with E-state index in [1.807, 2.05) is 12.1 Å². The van der Waals surface area contributed by atoms with Crippen LogP contribution in [-0.4, -0.2) is 50.8 Å². The molecule has 3 aromatic carbocycles. The zero-order chi connectivity index (χ0) is 30.6. The Balaban J connectivity index is 1.43. The van der Waals surface area contributed by atoms with Crippen molar-refractivity contribution in [3.8, 4) is 0 Å². The number of nitrogens with one attached hydrogen (secondary N) is 1. The predicted octanol–water partition coefficient (Wildman–Crippen LogP) is 4.19. The lowest BCUT2D eigenvalue weighted by Gasteiger charge is -2.31. The van der Waals surface area contributed by atoms with E-state index in [-0.39, 0.29) is 29.7 Å². The lowest BCUT2D eigenvalue weighted by Crippen LogP contribution is -2.38. The van der Waals surface area contributed by atoms with Crippen LogP contribution in [0.25, 0.3) is 10.9 Å². The van der Waals surface area contributed by atoms with Crippen LogP contribution < -0.4 is 14.9 Å². The fourth-order valence-electron chi connectivity index (χ4n) is 5.28. The van der Waals surface area contributed by atoms with E-state index in [1.54, 1.807) is 66.4 Å². The number of rotatable bonds is 10. The third kappa shape index (κ3) is 6.36. The molecule has 1 amide bonds. The average Bonchev–Trinajstić information content (AvgIpc) is 3.01. The van der Waals surface area contributed by atoms with E-state index in [0.717, 1.165) is 21.1 Å². The maximum Gasteiger partial charge on any atom is 0.326 e.